The van der Waals surface area contributed by atoms with Crippen LogP contribution in [0.25, 0.3) is 0 Å². The Bertz CT molecular complexity index is 366. The average molecular weight is 295 g/mol. The highest BCUT2D eigenvalue weighted by Crippen LogP contribution is 2.31. The molecule has 1 unspecified atom stereocenters. The van der Waals surface area contributed by atoms with Gasteiger partial charge in [0.25, 0.3) is 0 Å². The van der Waals surface area contributed by atoms with Crippen LogP contribution in [0.15, 0.2) is 0 Å². The number of nitrogens with zero attached hydrogens (tertiary/aromatic N) is 2. The molecular formula is C11H16Cl2N2OS. The van der Waals surface area contributed by atoms with Crippen LogP contribution in [0.5, 0.6) is 0 Å². The molecule has 0 N–H and O–H groups in total. The quantitative estimate of drug-likeness (QED) is 0.796. The van der Waals surface area contributed by atoms with Crippen molar-refractivity contribution in [2.24, 2.45) is 5.92 Å². The molecular weight excluding hydrogens is 279 g/mol. The van der Waals surface area contributed by atoms with Crippen molar-refractivity contribution in [1.29, 1.82) is 0 Å². The number of aromatic nitrogens is 1. The lowest BCUT2D eigenvalue weighted by atomic mass is 10.0. The molecule has 1 saturated heterocycles. The molecule has 1 aromatic heterocycles. The summed E-state index contributed by atoms with van der Waals surface area (Å²) in [6.07, 6.45) is 2.38. The molecule has 17 heavy (non-hydrogen) atoms. The molecule has 0 radical (unpaired) electrons. The van der Waals surface area contributed by atoms with Gasteiger partial charge >= 0.3 is 0 Å². The third-order valence-electron chi connectivity index (χ3n) is 2.87. The molecule has 1 atom stereocenters. The zero-order valence-electron chi connectivity index (χ0n) is 9.79. The van der Waals surface area contributed by atoms with E-state index >= 15 is 0 Å². The van der Waals surface area contributed by atoms with E-state index in [1.165, 1.54) is 6.42 Å². The van der Waals surface area contributed by atoms with Crippen LogP contribution >= 0.6 is 34.5 Å². The SMILES string of the molecule is CN(CC1CCCOC1)c1nc(Cl)c(CCl)s1. The summed E-state index contributed by atoms with van der Waals surface area (Å²) >= 11 is 13.4. The molecule has 1 aromatic rings. The minimum Gasteiger partial charge on any atom is -0.381 e. The number of alkyl halides is 1. The second kappa shape index (κ2) is 6.23. The van der Waals surface area contributed by atoms with Crippen molar-refractivity contribution >= 4 is 39.7 Å². The predicted molar refractivity (Wildman–Crippen MR) is 73.5 cm³/mol. The van der Waals surface area contributed by atoms with Gasteiger partial charge in [-0.15, -0.1) is 11.6 Å². The Hall–Kier alpha value is -0.0300. The maximum atomic E-state index is 6.00. The van der Waals surface area contributed by atoms with Gasteiger partial charge in [0.15, 0.2) is 5.13 Å². The first-order valence-corrected chi connectivity index (χ1v) is 7.43. The van der Waals surface area contributed by atoms with E-state index in [1.54, 1.807) is 11.3 Å². The van der Waals surface area contributed by atoms with E-state index in [0.29, 0.717) is 17.0 Å². The predicted octanol–water partition coefficient (Wildman–Crippen LogP) is 3.40. The zero-order chi connectivity index (χ0) is 12.3. The maximum Gasteiger partial charge on any atom is 0.186 e. The first-order chi connectivity index (χ1) is 8.20. The van der Waals surface area contributed by atoms with Crippen LogP contribution in [0.3, 0.4) is 0 Å². The van der Waals surface area contributed by atoms with Crippen molar-refractivity contribution in [2.75, 3.05) is 31.7 Å². The summed E-state index contributed by atoms with van der Waals surface area (Å²) in [5, 5.41) is 1.47. The molecule has 0 amide bonds. The third-order valence-corrected chi connectivity index (χ3v) is 4.89. The normalized spacial score (nSPS) is 20.5. The highest BCUT2D eigenvalue weighted by atomic mass is 35.5. The van der Waals surface area contributed by atoms with Crippen LogP contribution in [0.2, 0.25) is 5.15 Å². The Morgan fingerprint density at radius 1 is 1.59 bits per heavy atom. The molecule has 1 fully saturated rings. The molecule has 0 aromatic carbocycles. The van der Waals surface area contributed by atoms with Crippen LogP contribution in [0, 0.1) is 5.92 Å². The monoisotopic (exact) mass is 294 g/mol. The number of ether oxygens (including phenoxy) is 1. The Balaban J connectivity index is 1.95. The summed E-state index contributed by atoms with van der Waals surface area (Å²) in [7, 11) is 2.04. The van der Waals surface area contributed by atoms with Gasteiger partial charge in [0, 0.05) is 20.2 Å². The van der Waals surface area contributed by atoms with E-state index in [4.69, 9.17) is 27.9 Å². The number of halogens is 2. The average Bonchev–Trinajstić information content (AvgIpc) is 2.72. The van der Waals surface area contributed by atoms with E-state index in [2.05, 4.69) is 9.88 Å². The van der Waals surface area contributed by atoms with Gasteiger partial charge in [-0.2, -0.15) is 0 Å². The van der Waals surface area contributed by atoms with Crippen molar-refractivity contribution in [2.45, 2.75) is 18.7 Å². The summed E-state index contributed by atoms with van der Waals surface area (Å²) in [5.41, 5.74) is 0. The minimum absolute atomic E-state index is 0.427. The fourth-order valence-corrected chi connectivity index (χ4v) is 3.43. The first-order valence-electron chi connectivity index (χ1n) is 5.70. The lowest BCUT2D eigenvalue weighted by Gasteiger charge is -2.26. The fourth-order valence-electron chi connectivity index (χ4n) is 1.98. The molecule has 3 nitrogen and oxygen atoms in total. The van der Waals surface area contributed by atoms with Crippen molar-refractivity contribution in [3.8, 4) is 0 Å². The molecule has 0 bridgehead atoms. The molecule has 0 aliphatic carbocycles. The largest absolute Gasteiger partial charge is 0.381 e. The Morgan fingerprint density at radius 3 is 3.00 bits per heavy atom. The lowest BCUT2D eigenvalue weighted by molar-refractivity contribution is 0.0576. The topological polar surface area (TPSA) is 25.4 Å². The molecule has 0 saturated carbocycles. The molecule has 1 aliphatic heterocycles. The van der Waals surface area contributed by atoms with Gasteiger partial charge in [-0.05, 0) is 18.8 Å². The Labute approximate surface area is 116 Å². The van der Waals surface area contributed by atoms with Gasteiger partial charge < -0.3 is 9.64 Å². The van der Waals surface area contributed by atoms with Crippen LogP contribution in [-0.2, 0) is 10.6 Å². The second-order valence-electron chi connectivity index (χ2n) is 4.31. The van der Waals surface area contributed by atoms with Gasteiger partial charge in [0.1, 0.15) is 5.15 Å². The van der Waals surface area contributed by atoms with E-state index in [0.717, 1.165) is 36.2 Å². The first kappa shape index (κ1) is 13.4. The van der Waals surface area contributed by atoms with Gasteiger partial charge in [0.2, 0.25) is 0 Å². The molecule has 6 heteroatoms. The number of hydrogen-bond donors (Lipinski definition) is 0. The van der Waals surface area contributed by atoms with E-state index in [9.17, 15) is 0 Å². The van der Waals surface area contributed by atoms with Crippen molar-refractivity contribution in [3.05, 3.63) is 10.0 Å². The van der Waals surface area contributed by atoms with Crippen molar-refractivity contribution in [3.63, 3.8) is 0 Å². The summed E-state index contributed by atoms with van der Waals surface area (Å²) in [6, 6.07) is 0. The van der Waals surface area contributed by atoms with Crippen LogP contribution in [0.4, 0.5) is 5.13 Å². The molecule has 2 heterocycles. The van der Waals surface area contributed by atoms with Crippen molar-refractivity contribution in [1.82, 2.24) is 4.98 Å². The van der Waals surface area contributed by atoms with Gasteiger partial charge in [-0.25, -0.2) is 4.98 Å². The van der Waals surface area contributed by atoms with Crippen LogP contribution < -0.4 is 4.90 Å². The highest BCUT2D eigenvalue weighted by Gasteiger charge is 2.18. The molecule has 96 valence electrons. The Morgan fingerprint density at radius 2 is 2.41 bits per heavy atom. The minimum atomic E-state index is 0.427. The fraction of sp³-hybridized carbons (Fsp3) is 0.727. The van der Waals surface area contributed by atoms with Crippen LogP contribution in [-0.4, -0.2) is 31.8 Å². The van der Waals surface area contributed by atoms with E-state index in [-0.39, 0.29) is 0 Å². The summed E-state index contributed by atoms with van der Waals surface area (Å²) in [4.78, 5) is 7.42. The third kappa shape index (κ3) is 3.47. The standard InChI is InChI=1S/C11H16Cl2N2OS/c1-15(6-8-3-2-4-16-7-8)11-14-10(13)9(5-12)17-11/h8H,2-7H2,1H3. The van der Waals surface area contributed by atoms with Gasteiger partial charge in [-0.3, -0.25) is 0 Å². The summed E-state index contributed by atoms with van der Waals surface area (Å²) in [5.74, 6) is 1.02. The number of anilines is 1. The van der Waals surface area contributed by atoms with Gasteiger partial charge in [0.05, 0.1) is 17.4 Å². The van der Waals surface area contributed by atoms with Gasteiger partial charge in [-0.1, -0.05) is 22.9 Å². The Kier molecular flexibility index (Phi) is 4.91. The number of thiazole rings is 1. The van der Waals surface area contributed by atoms with E-state index < -0.39 is 0 Å². The molecule has 1 aliphatic rings. The maximum absolute atomic E-state index is 6.00. The summed E-state index contributed by atoms with van der Waals surface area (Å²) < 4.78 is 5.48. The lowest BCUT2D eigenvalue weighted by Crippen LogP contribution is -2.30. The number of rotatable bonds is 4. The number of hydrogen-bond acceptors (Lipinski definition) is 4. The highest BCUT2D eigenvalue weighted by molar-refractivity contribution is 7.16. The summed E-state index contributed by atoms with van der Waals surface area (Å²) in [6.45, 7) is 2.72. The smallest absolute Gasteiger partial charge is 0.186 e. The van der Waals surface area contributed by atoms with Crippen LogP contribution in [0.1, 0.15) is 17.7 Å². The zero-order valence-corrected chi connectivity index (χ0v) is 12.1. The van der Waals surface area contributed by atoms with Crippen molar-refractivity contribution < 1.29 is 4.74 Å². The molecule has 2 rings (SSSR count). The second-order valence-corrected chi connectivity index (χ2v) is 6.00. The molecule has 0 spiro atoms. The van der Waals surface area contributed by atoms with E-state index in [1.807, 2.05) is 7.05 Å².